The molecule has 6 nitrogen and oxygen atoms in total. The Hall–Kier alpha value is -1.69. The maximum atomic E-state index is 12.3. The summed E-state index contributed by atoms with van der Waals surface area (Å²) < 4.78 is 1.51. The van der Waals surface area contributed by atoms with Crippen LogP contribution in [0.3, 0.4) is 0 Å². The van der Waals surface area contributed by atoms with Crippen LogP contribution in [0.15, 0.2) is 23.1 Å². The van der Waals surface area contributed by atoms with E-state index in [0.29, 0.717) is 12.5 Å². The third-order valence-corrected chi connectivity index (χ3v) is 4.48. The predicted molar refractivity (Wildman–Crippen MR) is 78.8 cm³/mol. The fraction of sp³-hybridized carbons (Fsp3) is 0.667. The lowest BCUT2D eigenvalue weighted by atomic mass is 9.97. The molecule has 2 aliphatic rings. The van der Waals surface area contributed by atoms with Crippen molar-refractivity contribution in [2.24, 2.45) is 5.92 Å². The molecule has 114 valence electrons. The lowest BCUT2D eigenvalue weighted by Crippen LogP contribution is -2.56. The molecule has 1 atom stereocenters. The van der Waals surface area contributed by atoms with E-state index in [4.69, 9.17) is 0 Å². The number of carbonyl (C=O) groups excluding carboxylic acids is 1. The summed E-state index contributed by atoms with van der Waals surface area (Å²) in [5.74, 6) is 0.678. The van der Waals surface area contributed by atoms with E-state index in [1.54, 1.807) is 12.3 Å². The van der Waals surface area contributed by atoms with E-state index in [1.807, 2.05) is 4.90 Å². The molecule has 21 heavy (non-hydrogen) atoms. The first kappa shape index (κ1) is 14.3. The highest BCUT2D eigenvalue weighted by Gasteiger charge is 2.42. The molecule has 6 heteroatoms. The Kier molecular flexibility index (Phi) is 3.80. The van der Waals surface area contributed by atoms with Gasteiger partial charge in [0.2, 0.25) is 5.91 Å². The minimum atomic E-state index is -0.0566. The van der Waals surface area contributed by atoms with E-state index in [-0.39, 0.29) is 23.6 Å². The summed E-state index contributed by atoms with van der Waals surface area (Å²) in [6.45, 7) is 7.39. The minimum Gasteiger partial charge on any atom is -0.339 e. The zero-order valence-corrected chi connectivity index (χ0v) is 12.6. The highest BCUT2D eigenvalue weighted by molar-refractivity contribution is 5.84. The van der Waals surface area contributed by atoms with Gasteiger partial charge in [-0.1, -0.05) is 0 Å². The van der Waals surface area contributed by atoms with Gasteiger partial charge in [-0.2, -0.15) is 5.10 Å². The van der Waals surface area contributed by atoms with Crippen molar-refractivity contribution < 1.29 is 4.79 Å². The zero-order valence-electron chi connectivity index (χ0n) is 12.6. The largest absolute Gasteiger partial charge is 0.339 e. The summed E-state index contributed by atoms with van der Waals surface area (Å²) in [5, 5.41) is 4.08. The van der Waals surface area contributed by atoms with E-state index in [9.17, 15) is 9.59 Å². The number of hydrogen-bond donors (Lipinski definition) is 0. The Balaban J connectivity index is 1.54. The Morgan fingerprint density at radius 2 is 2.10 bits per heavy atom. The molecule has 3 rings (SSSR count). The number of hydrogen-bond acceptors (Lipinski definition) is 4. The number of likely N-dealkylation sites (tertiary alicyclic amines) is 2. The van der Waals surface area contributed by atoms with E-state index >= 15 is 0 Å². The van der Waals surface area contributed by atoms with E-state index < -0.39 is 0 Å². The smallest absolute Gasteiger partial charge is 0.266 e. The van der Waals surface area contributed by atoms with Crippen molar-refractivity contribution in [3.63, 3.8) is 0 Å². The maximum Gasteiger partial charge on any atom is 0.266 e. The van der Waals surface area contributed by atoms with Crippen LogP contribution in [0, 0.1) is 5.92 Å². The van der Waals surface area contributed by atoms with Crippen LogP contribution < -0.4 is 5.56 Å². The molecule has 1 aromatic rings. The van der Waals surface area contributed by atoms with Gasteiger partial charge in [-0.05, 0) is 26.3 Å². The molecule has 0 aliphatic carbocycles. The van der Waals surface area contributed by atoms with Crippen molar-refractivity contribution in [3.8, 4) is 0 Å². The van der Waals surface area contributed by atoms with Crippen molar-refractivity contribution in [1.29, 1.82) is 0 Å². The van der Waals surface area contributed by atoms with Gasteiger partial charge in [0, 0.05) is 43.9 Å². The minimum absolute atomic E-state index is 0.0455. The van der Waals surface area contributed by atoms with Crippen LogP contribution in [-0.2, 0) is 11.3 Å². The van der Waals surface area contributed by atoms with Gasteiger partial charge in [0.25, 0.3) is 5.56 Å². The van der Waals surface area contributed by atoms with Crippen LogP contribution in [0.2, 0.25) is 0 Å². The van der Waals surface area contributed by atoms with Crippen molar-refractivity contribution in [2.45, 2.75) is 38.9 Å². The van der Waals surface area contributed by atoms with Gasteiger partial charge in [-0.25, -0.2) is 4.68 Å². The first-order chi connectivity index (χ1) is 10.1. The van der Waals surface area contributed by atoms with Crippen LogP contribution >= 0.6 is 0 Å². The summed E-state index contributed by atoms with van der Waals surface area (Å²) in [6, 6.07) is 3.52. The van der Waals surface area contributed by atoms with Crippen molar-refractivity contribution in [3.05, 3.63) is 28.7 Å². The molecular weight excluding hydrogens is 268 g/mol. The monoisotopic (exact) mass is 290 g/mol. The average Bonchev–Trinajstić information content (AvgIpc) is 2.77. The lowest BCUT2D eigenvalue weighted by Gasteiger charge is -2.42. The first-order valence-electron chi connectivity index (χ1n) is 7.63. The van der Waals surface area contributed by atoms with Crippen LogP contribution in [-0.4, -0.2) is 57.2 Å². The number of amides is 1. The molecule has 1 unspecified atom stereocenters. The molecule has 2 saturated heterocycles. The van der Waals surface area contributed by atoms with Gasteiger partial charge in [0.05, 0.1) is 12.6 Å². The van der Waals surface area contributed by atoms with Crippen molar-refractivity contribution >= 4 is 5.91 Å². The van der Waals surface area contributed by atoms with E-state index in [0.717, 1.165) is 26.1 Å². The lowest BCUT2D eigenvalue weighted by molar-refractivity contribution is -0.135. The molecule has 0 radical (unpaired) electrons. The van der Waals surface area contributed by atoms with Crippen LogP contribution in [0.5, 0.6) is 0 Å². The second-order valence-electron chi connectivity index (χ2n) is 6.29. The summed E-state index contributed by atoms with van der Waals surface area (Å²) in [7, 11) is 0. The molecule has 1 aromatic heterocycles. The number of carbonyl (C=O) groups is 1. The van der Waals surface area contributed by atoms with Gasteiger partial charge < -0.3 is 4.90 Å². The molecule has 0 saturated carbocycles. The second-order valence-corrected chi connectivity index (χ2v) is 6.29. The van der Waals surface area contributed by atoms with Gasteiger partial charge >= 0.3 is 0 Å². The van der Waals surface area contributed by atoms with Gasteiger partial charge in [-0.3, -0.25) is 14.5 Å². The average molecular weight is 290 g/mol. The molecule has 0 bridgehead atoms. The fourth-order valence-electron chi connectivity index (χ4n) is 3.29. The standard InChI is InChI=1S/C15H22N4O2/c1-11(2)18-7-5-13(15(18)21)17-8-12(9-17)10-19-14(20)4-3-6-16-19/h3-4,6,11-13H,5,7-10H2,1-2H3. The third kappa shape index (κ3) is 2.72. The van der Waals surface area contributed by atoms with E-state index in [2.05, 4.69) is 23.8 Å². The topological polar surface area (TPSA) is 58.4 Å². The SMILES string of the molecule is CC(C)N1CCC(N2CC(Cn3ncccc3=O)C2)C1=O. The predicted octanol–water partition coefficient (Wildman–Crippen LogP) is 0.184. The highest BCUT2D eigenvalue weighted by atomic mass is 16.2. The maximum absolute atomic E-state index is 12.3. The third-order valence-electron chi connectivity index (χ3n) is 4.48. The number of aromatic nitrogens is 2. The Bertz CT molecular complexity index is 577. The van der Waals surface area contributed by atoms with Crippen LogP contribution in [0.1, 0.15) is 20.3 Å². The van der Waals surface area contributed by atoms with Crippen molar-refractivity contribution in [2.75, 3.05) is 19.6 Å². The zero-order chi connectivity index (χ0) is 15.0. The highest BCUT2D eigenvalue weighted by Crippen LogP contribution is 2.27. The Morgan fingerprint density at radius 1 is 1.33 bits per heavy atom. The molecule has 0 aromatic carbocycles. The molecule has 2 fully saturated rings. The van der Waals surface area contributed by atoms with Gasteiger partial charge in [0.15, 0.2) is 0 Å². The number of rotatable bonds is 4. The summed E-state index contributed by atoms with van der Waals surface area (Å²) in [4.78, 5) is 28.1. The summed E-state index contributed by atoms with van der Waals surface area (Å²) in [6.07, 6.45) is 2.56. The summed E-state index contributed by atoms with van der Waals surface area (Å²) >= 11 is 0. The van der Waals surface area contributed by atoms with Gasteiger partial charge in [0.1, 0.15) is 0 Å². The molecular formula is C15H22N4O2. The summed E-state index contributed by atoms with van der Waals surface area (Å²) in [5.41, 5.74) is -0.0566. The quantitative estimate of drug-likeness (QED) is 0.794. The molecule has 0 spiro atoms. The van der Waals surface area contributed by atoms with Crippen LogP contribution in [0.4, 0.5) is 0 Å². The van der Waals surface area contributed by atoms with Gasteiger partial charge in [-0.15, -0.1) is 0 Å². The normalized spacial score (nSPS) is 23.9. The fourth-order valence-corrected chi connectivity index (χ4v) is 3.29. The molecule has 3 heterocycles. The Labute approximate surface area is 124 Å². The molecule has 1 amide bonds. The first-order valence-corrected chi connectivity index (χ1v) is 7.63. The molecule has 2 aliphatic heterocycles. The van der Waals surface area contributed by atoms with Crippen molar-refractivity contribution in [1.82, 2.24) is 19.6 Å². The Morgan fingerprint density at radius 3 is 2.71 bits per heavy atom. The second kappa shape index (κ2) is 5.60. The molecule has 0 N–H and O–H groups in total. The van der Waals surface area contributed by atoms with Crippen LogP contribution in [0.25, 0.3) is 0 Å². The number of nitrogens with zero attached hydrogens (tertiary/aromatic N) is 4. The van der Waals surface area contributed by atoms with E-state index in [1.165, 1.54) is 10.7 Å².